The van der Waals surface area contributed by atoms with Gasteiger partial charge < -0.3 is 10.1 Å². The zero-order valence-electron chi connectivity index (χ0n) is 13.0. The van der Waals surface area contributed by atoms with Crippen molar-refractivity contribution in [3.8, 4) is 0 Å². The van der Waals surface area contributed by atoms with E-state index in [4.69, 9.17) is 4.74 Å². The molecule has 1 heterocycles. The van der Waals surface area contributed by atoms with Crippen molar-refractivity contribution in [1.82, 2.24) is 5.32 Å². The van der Waals surface area contributed by atoms with Gasteiger partial charge in [0.25, 0.3) is 0 Å². The van der Waals surface area contributed by atoms with Gasteiger partial charge in [-0.1, -0.05) is 27.2 Å². The Labute approximate surface area is 123 Å². The van der Waals surface area contributed by atoms with E-state index in [1.54, 1.807) is 0 Å². The normalized spacial score (nSPS) is 34.2. The van der Waals surface area contributed by atoms with Crippen molar-refractivity contribution < 1.29 is 13.2 Å². The molecule has 2 rings (SSSR count). The van der Waals surface area contributed by atoms with E-state index in [2.05, 4.69) is 26.1 Å². The lowest BCUT2D eigenvalue weighted by Gasteiger charge is -2.44. The molecule has 0 aromatic carbocycles. The molecule has 3 unspecified atom stereocenters. The fraction of sp³-hybridized carbons (Fsp3) is 1.00. The first kappa shape index (κ1) is 16.2. The van der Waals surface area contributed by atoms with Crippen LogP contribution in [0.25, 0.3) is 0 Å². The average Bonchev–Trinajstić information content (AvgIpc) is 2.83. The van der Waals surface area contributed by atoms with E-state index in [-0.39, 0.29) is 28.6 Å². The molecule has 5 heteroatoms. The Morgan fingerprint density at radius 3 is 2.60 bits per heavy atom. The molecule has 20 heavy (non-hydrogen) atoms. The Hall–Kier alpha value is -0.130. The third-order valence-corrected chi connectivity index (χ3v) is 7.12. The van der Waals surface area contributed by atoms with Crippen molar-refractivity contribution >= 4 is 9.84 Å². The topological polar surface area (TPSA) is 55.4 Å². The van der Waals surface area contributed by atoms with Crippen molar-refractivity contribution in [2.24, 2.45) is 5.41 Å². The number of rotatable bonds is 5. The maximum Gasteiger partial charge on any atom is 0.157 e. The first-order chi connectivity index (χ1) is 9.37. The van der Waals surface area contributed by atoms with E-state index in [9.17, 15) is 8.42 Å². The smallest absolute Gasteiger partial charge is 0.157 e. The van der Waals surface area contributed by atoms with Crippen LogP contribution in [-0.4, -0.2) is 44.7 Å². The molecule has 1 N–H and O–H groups in total. The predicted octanol–water partition coefficient (Wildman–Crippen LogP) is 2.14. The van der Waals surface area contributed by atoms with Gasteiger partial charge in [0.05, 0.1) is 17.1 Å². The summed E-state index contributed by atoms with van der Waals surface area (Å²) < 4.78 is 31.1. The molecule has 0 radical (unpaired) electrons. The Morgan fingerprint density at radius 2 is 2.00 bits per heavy atom. The molecule has 118 valence electrons. The Bertz CT molecular complexity index is 413. The van der Waals surface area contributed by atoms with Gasteiger partial charge in [-0.25, -0.2) is 8.42 Å². The van der Waals surface area contributed by atoms with Gasteiger partial charge in [0.1, 0.15) is 0 Å². The van der Waals surface area contributed by atoms with Crippen LogP contribution < -0.4 is 5.32 Å². The monoisotopic (exact) mass is 303 g/mol. The summed E-state index contributed by atoms with van der Waals surface area (Å²) in [5.74, 6) is 0.204. The fourth-order valence-corrected chi connectivity index (χ4v) is 6.19. The lowest BCUT2D eigenvalue weighted by atomic mass is 9.73. The predicted molar refractivity (Wildman–Crippen MR) is 81.6 cm³/mol. The van der Waals surface area contributed by atoms with Gasteiger partial charge in [-0.05, 0) is 37.6 Å². The van der Waals surface area contributed by atoms with E-state index in [1.807, 2.05) is 0 Å². The van der Waals surface area contributed by atoms with Crippen molar-refractivity contribution in [2.75, 3.05) is 18.9 Å². The summed E-state index contributed by atoms with van der Waals surface area (Å²) in [5, 5.41) is 3.18. The van der Waals surface area contributed by atoms with Crippen molar-refractivity contribution in [3.05, 3.63) is 0 Å². The van der Waals surface area contributed by atoms with Gasteiger partial charge in [0.15, 0.2) is 9.84 Å². The van der Waals surface area contributed by atoms with Crippen LogP contribution in [0.5, 0.6) is 0 Å². The molecular weight excluding hydrogens is 274 g/mol. The first-order valence-electron chi connectivity index (χ1n) is 7.93. The summed E-state index contributed by atoms with van der Waals surface area (Å²) in [6.45, 7) is 7.96. The van der Waals surface area contributed by atoms with Gasteiger partial charge in [0.2, 0.25) is 0 Å². The van der Waals surface area contributed by atoms with Gasteiger partial charge in [-0.15, -0.1) is 0 Å². The minimum atomic E-state index is -3.10. The van der Waals surface area contributed by atoms with Crippen LogP contribution in [0, 0.1) is 5.41 Å². The Kier molecular flexibility index (Phi) is 5.14. The standard InChI is InChI=1S/C15H29NO3S/c1-4-16-14-13(8-5-9-15(14,2)3)20(17,18)11-12-7-6-10-19-12/h12-14,16H,4-11H2,1-3H3. The van der Waals surface area contributed by atoms with Crippen molar-refractivity contribution in [3.63, 3.8) is 0 Å². The van der Waals surface area contributed by atoms with Crippen LogP contribution in [-0.2, 0) is 14.6 Å². The van der Waals surface area contributed by atoms with E-state index in [0.717, 1.165) is 38.6 Å². The second-order valence-electron chi connectivity index (χ2n) is 6.92. The Balaban J connectivity index is 2.14. The molecule has 0 bridgehead atoms. The average molecular weight is 303 g/mol. The summed E-state index contributed by atoms with van der Waals surface area (Å²) in [5.41, 5.74) is 0.0442. The summed E-state index contributed by atoms with van der Waals surface area (Å²) in [4.78, 5) is 0. The lowest BCUT2D eigenvalue weighted by Crippen LogP contribution is -2.56. The van der Waals surface area contributed by atoms with Crippen molar-refractivity contribution in [2.45, 2.75) is 70.3 Å². The second-order valence-corrected chi connectivity index (χ2v) is 9.18. The fourth-order valence-electron chi connectivity index (χ4n) is 3.76. The van der Waals surface area contributed by atoms with Crippen LogP contribution in [0.15, 0.2) is 0 Å². The largest absolute Gasteiger partial charge is 0.377 e. The number of hydrogen-bond acceptors (Lipinski definition) is 4. The zero-order valence-corrected chi connectivity index (χ0v) is 13.8. The molecular formula is C15H29NO3S. The minimum absolute atomic E-state index is 0.0442. The number of sulfone groups is 1. The van der Waals surface area contributed by atoms with Gasteiger partial charge >= 0.3 is 0 Å². The molecule has 1 aliphatic carbocycles. The van der Waals surface area contributed by atoms with Crippen LogP contribution in [0.3, 0.4) is 0 Å². The number of ether oxygens (including phenoxy) is 1. The van der Waals surface area contributed by atoms with E-state index < -0.39 is 9.84 Å². The third kappa shape index (κ3) is 3.55. The maximum absolute atomic E-state index is 12.8. The van der Waals surface area contributed by atoms with Gasteiger partial charge in [0, 0.05) is 12.6 Å². The zero-order chi connectivity index (χ0) is 14.8. The molecule has 0 aromatic rings. The van der Waals surface area contributed by atoms with Gasteiger partial charge in [-0.3, -0.25) is 0 Å². The van der Waals surface area contributed by atoms with E-state index >= 15 is 0 Å². The van der Waals surface area contributed by atoms with E-state index in [1.165, 1.54) is 0 Å². The highest BCUT2D eigenvalue weighted by molar-refractivity contribution is 7.92. The Morgan fingerprint density at radius 1 is 1.25 bits per heavy atom. The second kappa shape index (κ2) is 6.32. The highest BCUT2D eigenvalue weighted by Crippen LogP contribution is 2.39. The van der Waals surface area contributed by atoms with Gasteiger partial charge in [-0.2, -0.15) is 0 Å². The number of hydrogen-bond donors (Lipinski definition) is 1. The lowest BCUT2D eigenvalue weighted by molar-refractivity contribution is 0.126. The number of nitrogens with one attached hydrogen (secondary N) is 1. The summed E-state index contributed by atoms with van der Waals surface area (Å²) in [7, 11) is -3.10. The molecule has 4 nitrogen and oxygen atoms in total. The molecule has 1 saturated heterocycles. The molecule has 0 amide bonds. The quantitative estimate of drug-likeness (QED) is 0.845. The van der Waals surface area contributed by atoms with Crippen LogP contribution in [0.4, 0.5) is 0 Å². The van der Waals surface area contributed by atoms with E-state index in [0.29, 0.717) is 6.61 Å². The molecule has 1 aliphatic heterocycles. The summed E-state index contributed by atoms with van der Waals surface area (Å²) >= 11 is 0. The molecule has 0 aromatic heterocycles. The third-order valence-electron chi connectivity index (χ3n) is 4.85. The molecule has 1 saturated carbocycles. The van der Waals surface area contributed by atoms with Crippen LogP contribution in [0.1, 0.15) is 52.9 Å². The van der Waals surface area contributed by atoms with Crippen LogP contribution >= 0.6 is 0 Å². The van der Waals surface area contributed by atoms with Crippen molar-refractivity contribution in [1.29, 1.82) is 0 Å². The minimum Gasteiger partial charge on any atom is -0.377 e. The highest BCUT2D eigenvalue weighted by Gasteiger charge is 2.45. The SMILES string of the molecule is CCNC1C(S(=O)(=O)CC2CCCO2)CCCC1(C)C. The summed E-state index contributed by atoms with van der Waals surface area (Å²) in [6, 6.07) is 0.0626. The first-order valence-corrected chi connectivity index (χ1v) is 9.65. The molecule has 0 spiro atoms. The van der Waals surface area contributed by atoms with Crippen LogP contribution in [0.2, 0.25) is 0 Å². The molecule has 2 fully saturated rings. The summed E-state index contributed by atoms with van der Waals surface area (Å²) in [6.07, 6.45) is 4.69. The maximum atomic E-state index is 12.8. The molecule has 2 aliphatic rings. The highest BCUT2D eigenvalue weighted by atomic mass is 32.2. The molecule has 3 atom stereocenters.